The summed E-state index contributed by atoms with van der Waals surface area (Å²) in [6, 6.07) is 104. The molecule has 0 spiro atoms. The lowest BCUT2D eigenvalue weighted by Gasteiger charge is -2.22. The van der Waals surface area contributed by atoms with Gasteiger partial charge >= 0.3 is 0 Å². The molecule has 0 aliphatic carbocycles. The first kappa shape index (κ1) is 49.5. The van der Waals surface area contributed by atoms with Crippen molar-refractivity contribution >= 4 is 87.2 Å². The molecule has 5 heterocycles. The van der Waals surface area contributed by atoms with Crippen molar-refractivity contribution in [3.63, 3.8) is 0 Å². The summed E-state index contributed by atoms with van der Waals surface area (Å²) in [4.78, 5) is 11.2. The zero-order valence-corrected chi connectivity index (χ0v) is 47.8. The Balaban J connectivity index is 0.964. The van der Waals surface area contributed by atoms with Crippen LogP contribution in [0.1, 0.15) is 26.3 Å². The Labute approximate surface area is 497 Å². The molecule has 0 fully saturated rings. The van der Waals surface area contributed by atoms with Crippen molar-refractivity contribution in [3.8, 4) is 67.8 Å². The number of hydrogen-bond acceptors (Lipinski definition) is 2. The van der Waals surface area contributed by atoms with Crippen LogP contribution >= 0.6 is 0 Å². The third-order valence-electron chi connectivity index (χ3n) is 17.8. The predicted molar refractivity (Wildman–Crippen MR) is 360 cm³/mol. The van der Waals surface area contributed by atoms with Gasteiger partial charge in [0.05, 0.1) is 66.9 Å². The highest BCUT2D eigenvalue weighted by atomic mass is 15.0. The van der Waals surface area contributed by atoms with Gasteiger partial charge in [-0.1, -0.05) is 209 Å². The number of fused-ring (bicyclic) bond motifs is 12. The fourth-order valence-corrected chi connectivity index (χ4v) is 13.8. The van der Waals surface area contributed by atoms with E-state index < -0.39 is 0 Å². The fourth-order valence-electron chi connectivity index (χ4n) is 13.8. The van der Waals surface area contributed by atoms with Crippen LogP contribution in [0.2, 0.25) is 0 Å². The Morgan fingerprint density at radius 2 is 0.628 bits per heavy atom. The molecule has 6 heteroatoms. The van der Waals surface area contributed by atoms with Gasteiger partial charge in [-0.25, -0.2) is 9.97 Å². The van der Waals surface area contributed by atoms with E-state index in [2.05, 4.69) is 324 Å². The Morgan fingerprint density at radius 3 is 1.13 bits per heavy atom. The molecule has 0 radical (unpaired) electrons. The summed E-state index contributed by atoms with van der Waals surface area (Å²) in [5, 5.41) is 9.67. The van der Waals surface area contributed by atoms with Gasteiger partial charge in [0, 0.05) is 82.3 Å². The van der Waals surface area contributed by atoms with Crippen LogP contribution in [0.25, 0.3) is 155 Å². The van der Waals surface area contributed by atoms with Gasteiger partial charge in [-0.15, -0.1) is 0 Å². The molecule has 86 heavy (non-hydrogen) atoms. The maximum atomic E-state index is 5.60. The van der Waals surface area contributed by atoms with Gasteiger partial charge in [0.15, 0.2) is 5.82 Å². The van der Waals surface area contributed by atoms with Crippen molar-refractivity contribution in [1.29, 1.82) is 0 Å². The number of para-hydroxylation sites is 6. The van der Waals surface area contributed by atoms with Crippen molar-refractivity contribution in [2.24, 2.45) is 0 Å². The smallest absolute Gasteiger partial charge is 0.161 e. The molecule has 0 aliphatic heterocycles. The molecule has 12 aromatic carbocycles. The standard InChI is InChI=1S/C80H56N6/c1-80(2,3)53-41-44-74-63(47-53)65-49-55(84-70-36-18-12-29-58(70)59-30-13-19-37-71(59)84)43-46-76(65)86(74)77-40-22-33-62(79-81-66(51-23-6-4-7-24-51)50-67(82-79)52-25-8-5-9-26-52)78(77)61-32-15-21-39-73(61)85-72-38-20-14-31-60(72)64-48-54(42-45-75(64)85)83-68-34-16-10-27-56(68)57-28-11-17-35-69(57)83/h4-50H,1-3H3. The van der Waals surface area contributed by atoms with E-state index >= 15 is 0 Å². The molecule has 17 aromatic rings. The Kier molecular flexibility index (Phi) is 11.1. The third kappa shape index (κ3) is 7.66. The van der Waals surface area contributed by atoms with E-state index in [9.17, 15) is 0 Å². The van der Waals surface area contributed by atoms with Crippen molar-refractivity contribution in [1.82, 2.24) is 28.2 Å². The van der Waals surface area contributed by atoms with E-state index in [1.165, 1.54) is 70.7 Å². The fraction of sp³-hybridized carbons (Fsp3) is 0.0500. The van der Waals surface area contributed by atoms with E-state index in [1.54, 1.807) is 0 Å². The molecular formula is C80H56N6. The van der Waals surface area contributed by atoms with E-state index in [0.717, 1.165) is 84.0 Å². The molecule has 0 saturated heterocycles. The van der Waals surface area contributed by atoms with Crippen LogP contribution in [0.5, 0.6) is 0 Å². The van der Waals surface area contributed by atoms with Gasteiger partial charge in [0.2, 0.25) is 0 Å². The van der Waals surface area contributed by atoms with Crippen molar-refractivity contribution in [2.45, 2.75) is 26.2 Å². The number of benzene rings is 12. The highest BCUT2D eigenvalue weighted by Gasteiger charge is 2.27. The van der Waals surface area contributed by atoms with E-state index in [0.29, 0.717) is 5.82 Å². The lowest BCUT2D eigenvalue weighted by atomic mass is 9.86. The Morgan fingerprint density at radius 1 is 0.267 bits per heavy atom. The number of hydrogen-bond donors (Lipinski definition) is 0. The second-order valence-electron chi connectivity index (χ2n) is 23.7. The van der Waals surface area contributed by atoms with Crippen LogP contribution in [0, 0.1) is 0 Å². The first-order chi connectivity index (χ1) is 42.3. The first-order valence-corrected chi connectivity index (χ1v) is 29.6. The first-order valence-electron chi connectivity index (χ1n) is 29.6. The van der Waals surface area contributed by atoms with Gasteiger partial charge < -0.3 is 18.3 Å². The van der Waals surface area contributed by atoms with Gasteiger partial charge in [-0.05, 0) is 108 Å². The van der Waals surface area contributed by atoms with Crippen LogP contribution in [0.3, 0.4) is 0 Å². The van der Waals surface area contributed by atoms with Crippen molar-refractivity contribution < 1.29 is 0 Å². The maximum absolute atomic E-state index is 5.60. The average molecular weight is 1100 g/mol. The van der Waals surface area contributed by atoms with E-state index in [4.69, 9.17) is 9.97 Å². The van der Waals surface area contributed by atoms with Crippen molar-refractivity contribution in [2.75, 3.05) is 0 Å². The normalized spacial score (nSPS) is 12.1. The lowest BCUT2D eigenvalue weighted by Crippen LogP contribution is -2.10. The molecule has 5 aromatic heterocycles. The minimum absolute atomic E-state index is 0.0961. The minimum atomic E-state index is -0.0961. The highest BCUT2D eigenvalue weighted by molar-refractivity contribution is 6.15. The monoisotopic (exact) mass is 1100 g/mol. The SMILES string of the molecule is CC(C)(C)c1ccc2c(c1)c1cc(-n3c4ccccc4c4ccccc43)ccc1n2-c1cccc(-c2nc(-c3ccccc3)cc(-c3ccccc3)n2)c1-c1ccccc1-n1c2ccccc2c2cc(-n3c4ccccc4c4ccccc43)ccc21. The molecule has 406 valence electrons. The molecule has 0 N–H and O–H groups in total. The second-order valence-corrected chi connectivity index (χ2v) is 23.7. The summed E-state index contributed by atoms with van der Waals surface area (Å²) < 4.78 is 9.84. The highest BCUT2D eigenvalue weighted by Crippen LogP contribution is 2.47. The van der Waals surface area contributed by atoms with E-state index in [-0.39, 0.29) is 5.41 Å². The summed E-state index contributed by atoms with van der Waals surface area (Å²) in [5.41, 5.74) is 21.4. The minimum Gasteiger partial charge on any atom is -0.309 e. The lowest BCUT2D eigenvalue weighted by molar-refractivity contribution is 0.591. The van der Waals surface area contributed by atoms with Crippen LogP contribution in [0.4, 0.5) is 0 Å². The number of nitrogens with zero attached hydrogens (tertiary/aromatic N) is 6. The van der Waals surface area contributed by atoms with Crippen molar-refractivity contribution in [3.05, 3.63) is 291 Å². The number of rotatable bonds is 8. The van der Waals surface area contributed by atoms with Crippen LogP contribution in [-0.4, -0.2) is 28.2 Å². The summed E-state index contributed by atoms with van der Waals surface area (Å²) >= 11 is 0. The van der Waals surface area contributed by atoms with Gasteiger partial charge in [-0.2, -0.15) is 0 Å². The summed E-state index contributed by atoms with van der Waals surface area (Å²) in [5.74, 6) is 0.638. The molecule has 0 aliphatic rings. The molecular weight excluding hydrogens is 1040 g/mol. The molecule has 0 amide bonds. The average Bonchev–Trinajstić information content (AvgIpc) is 1.76. The third-order valence-corrected chi connectivity index (χ3v) is 17.8. The van der Waals surface area contributed by atoms with Gasteiger partial charge in [0.1, 0.15) is 0 Å². The zero-order chi connectivity index (χ0) is 57.2. The summed E-state index contributed by atoms with van der Waals surface area (Å²) in [7, 11) is 0. The molecule has 0 saturated carbocycles. The summed E-state index contributed by atoms with van der Waals surface area (Å²) in [6.45, 7) is 6.92. The van der Waals surface area contributed by atoms with Gasteiger partial charge in [-0.3, -0.25) is 0 Å². The second kappa shape index (κ2) is 19.2. The molecule has 0 atom stereocenters. The summed E-state index contributed by atoms with van der Waals surface area (Å²) in [6.07, 6.45) is 0. The van der Waals surface area contributed by atoms with Crippen LogP contribution < -0.4 is 0 Å². The van der Waals surface area contributed by atoms with Gasteiger partial charge in [0.25, 0.3) is 0 Å². The quantitative estimate of drug-likeness (QED) is 0.152. The molecule has 6 nitrogen and oxygen atoms in total. The van der Waals surface area contributed by atoms with E-state index in [1.807, 2.05) is 0 Å². The maximum Gasteiger partial charge on any atom is 0.161 e. The Bertz CT molecular complexity index is 5410. The number of aromatic nitrogens is 6. The van der Waals surface area contributed by atoms with Crippen LogP contribution in [-0.2, 0) is 5.41 Å². The molecule has 17 rings (SSSR count). The topological polar surface area (TPSA) is 45.5 Å². The van der Waals surface area contributed by atoms with Crippen LogP contribution in [0.15, 0.2) is 285 Å². The Hall–Kier alpha value is -11.1. The predicted octanol–water partition coefficient (Wildman–Crippen LogP) is 20.8. The molecule has 0 unspecified atom stereocenters. The molecule has 0 bridgehead atoms. The largest absolute Gasteiger partial charge is 0.309 e. The zero-order valence-electron chi connectivity index (χ0n) is 47.8.